The van der Waals surface area contributed by atoms with Gasteiger partial charge in [-0.2, -0.15) is 0 Å². The number of hydrogen-bond donors (Lipinski definition) is 0. The molecule has 0 radical (unpaired) electrons. The predicted octanol–water partition coefficient (Wildman–Crippen LogP) is 6.83. The topological polar surface area (TPSA) is 59.5 Å². The molecule has 0 N–H and O–H groups in total. The maximum Gasteiger partial charge on any atom is 0.289 e. The molecule has 2 aliphatic rings. The summed E-state index contributed by atoms with van der Waals surface area (Å²) in [6, 6.07) is 7.87. The number of imide groups is 1. The fraction of sp³-hybridized carbons (Fsp3) is 0.375. The van der Waals surface area contributed by atoms with Gasteiger partial charge in [0.1, 0.15) is 5.75 Å². The summed E-state index contributed by atoms with van der Waals surface area (Å²) in [5.74, 6) is 0.959. The molecular weight excluding hydrogens is 464 g/mol. The second kappa shape index (κ2) is 9.04. The highest BCUT2D eigenvalue weighted by Gasteiger charge is 2.30. The van der Waals surface area contributed by atoms with E-state index in [0.29, 0.717) is 5.02 Å². The van der Waals surface area contributed by atoms with Crippen molar-refractivity contribution in [2.45, 2.75) is 51.7 Å². The monoisotopic (exact) mass is 486 g/mol. The molecule has 1 aliphatic heterocycles. The molecule has 5 rings (SSSR count). The molecule has 2 amide bonds. The minimum atomic E-state index is -0.186. The number of halogens is 1. The van der Waals surface area contributed by atoms with Crippen LogP contribution in [0.1, 0.15) is 42.5 Å². The summed E-state index contributed by atoms with van der Waals surface area (Å²) in [6.07, 6.45) is 7.84. The molecule has 1 saturated carbocycles. The van der Waals surface area contributed by atoms with E-state index in [1.807, 2.05) is 31.2 Å². The van der Waals surface area contributed by atoms with Crippen molar-refractivity contribution in [1.82, 2.24) is 9.88 Å². The Morgan fingerprint density at radius 3 is 2.72 bits per heavy atom. The van der Waals surface area contributed by atoms with Gasteiger partial charge >= 0.3 is 0 Å². The fourth-order valence-electron chi connectivity index (χ4n) is 4.40. The number of nitrogens with zero attached hydrogens (tertiary/aromatic N) is 2. The summed E-state index contributed by atoms with van der Waals surface area (Å²) in [5.41, 5.74) is 3.84. The summed E-state index contributed by atoms with van der Waals surface area (Å²) in [7, 11) is 0. The Kier molecular flexibility index (Phi) is 6.14. The summed E-state index contributed by atoms with van der Waals surface area (Å²) >= 11 is 9.08. The minimum Gasteiger partial charge on any atom is -0.490 e. The zero-order valence-electron chi connectivity index (χ0n) is 17.7. The Morgan fingerprint density at radius 1 is 1.16 bits per heavy atom. The van der Waals surface area contributed by atoms with Crippen LogP contribution >= 0.6 is 34.7 Å². The largest absolute Gasteiger partial charge is 0.490 e. The van der Waals surface area contributed by atoms with Crippen molar-refractivity contribution >= 4 is 56.1 Å². The van der Waals surface area contributed by atoms with E-state index in [1.54, 1.807) is 17.5 Å². The smallest absolute Gasteiger partial charge is 0.289 e. The average molecular weight is 487 g/mol. The zero-order chi connectivity index (χ0) is 22.2. The third kappa shape index (κ3) is 4.26. The first-order valence-electron chi connectivity index (χ1n) is 10.8. The highest BCUT2D eigenvalue weighted by molar-refractivity contribution is 8.14. The molecule has 2 aromatic heterocycles. The van der Waals surface area contributed by atoms with Gasteiger partial charge in [0.05, 0.1) is 28.6 Å². The number of carbonyl (C=O) groups is 2. The molecular formula is C24H23ClN2O3S2. The Balaban J connectivity index is 1.55. The number of thioether (sulfide) groups is 1. The van der Waals surface area contributed by atoms with Crippen LogP contribution in [0.25, 0.3) is 21.3 Å². The molecule has 0 spiro atoms. The Labute approximate surface area is 200 Å². The summed E-state index contributed by atoms with van der Waals surface area (Å²) in [6.45, 7) is 2.32. The quantitative estimate of drug-likeness (QED) is 0.395. The highest BCUT2D eigenvalue weighted by Crippen LogP contribution is 2.42. The van der Waals surface area contributed by atoms with Crippen LogP contribution in [0.2, 0.25) is 5.02 Å². The molecule has 1 saturated heterocycles. The molecule has 32 heavy (non-hydrogen) atoms. The van der Waals surface area contributed by atoms with Gasteiger partial charge in [0.2, 0.25) is 5.91 Å². The molecule has 1 aliphatic carbocycles. The first-order chi connectivity index (χ1) is 15.5. The standard InChI is InChI=1S/C24H23ClN2O3S2/c1-14-9-15(25)10-19(22(14)30-16-5-3-2-4-6-16)18-7-8-26-20-11-17(32-23(18)20)12-27-21(28)13-31-24(27)29/h7-11,16H,2-6,12-13H2,1H3. The second-order valence-electron chi connectivity index (χ2n) is 8.30. The Morgan fingerprint density at radius 2 is 1.97 bits per heavy atom. The van der Waals surface area contributed by atoms with Crippen molar-refractivity contribution in [3.63, 3.8) is 0 Å². The van der Waals surface area contributed by atoms with Crippen LogP contribution in [0.4, 0.5) is 4.79 Å². The van der Waals surface area contributed by atoms with Gasteiger partial charge < -0.3 is 4.74 Å². The summed E-state index contributed by atoms with van der Waals surface area (Å²) in [5, 5.41) is 0.481. The van der Waals surface area contributed by atoms with Crippen LogP contribution < -0.4 is 4.74 Å². The van der Waals surface area contributed by atoms with E-state index in [-0.39, 0.29) is 29.5 Å². The van der Waals surface area contributed by atoms with Gasteiger partial charge in [-0.1, -0.05) is 29.8 Å². The lowest BCUT2D eigenvalue weighted by molar-refractivity contribution is -0.124. The van der Waals surface area contributed by atoms with Crippen molar-refractivity contribution in [1.29, 1.82) is 0 Å². The van der Waals surface area contributed by atoms with E-state index in [1.165, 1.54) is 24.2 Å². The van der Waals surface area contributed by atoms with Gasteiger partial charge in [-0.3, -0.25) is 19.5 Å². The lowest BCUT2D eigenvalue weighted by Gasteiger charge is -2.25. The zero-order valence-corrected chi connectivity index (χ0v) is 20.1. The van der Waals surface area contributed by atoms with Crippen molar-refractivity contribution in [3.8, 4) is 16.9 Å². The van der Waals surface area contributed by atoms with Gasteiger partial charge in [0.25, 0.3) is 5.24 Å². The molecule has 0 atom stereocenters. The van der Waals surface area contributed by atoms with Crippen molar-refractivity contribution in [2.75, 3.05) is 5.75 Å². The first kappa shape index (κ1) is 21.7. The molecule has 2 fully saturated rings. The number of benzene rings is 1. The fourth-order valence-corrected chi connectivity index (χ4v) is 6.53. The van der Waals surface area contributed by atoms with Crippen molar-refractivity contribution in [3.05, 3.63) is 45.9 Å². The number of aromatic nitrogens is 1. The number of thiophene rings is 1. The third-order valence-electron chi connectivity index (χ3n) is 5.98. The number of hydrogen-bond acceptors (Lipinski definition) is 6. The minimum absolute atomic E-state index is 0.140. The number of amides is 2. The lowest BCUT2D eigenvalue weighted by atomic mass is 9.97. The third-order valence-corrected chi connectivity index (χ3v) is 8.20. The van der Waals surface area contributed by atoms with Crippen LogP contribution in [0.5, 0.6) is 5.75 Å². The number of fused-ring (bicyclic) bond motifs is 1. The Hall–Kier alpha value is -2.09. The van der Waals surface area contributed by atoms with Gasteiger partial charge in [0.15, 0.2) is 0 Å². The second-order valence-corrected chi connectivity index (χ2v) is 10.8. The number of rotatable bonds is 5. The van der Waals surface area contributed by atoms with Crippen molar-refractivity contribution in [2.24, 2.45) is 0 Å². The molecule has 5 nitrogen and oxygen atoms in total. The average Bonchev–Trinajstić information content (AvgIpc) is 3.34. The van der Waals surface area contributed by atoms with Crippen LogP contribution in [0.3, 0.4) is 0 Å². The van der Waals surface area contributed by atoms with Crippen LogP contribution in [0.15, 0.2) is 30.5 Å². The molecule has 3 aromatic rings. The van der Waals surface area contributed by atoms with Crippen LogP contribution in [0, 0.1) is 6.92 Å². The molecule has 166 valence electrons. The van der Waals surface area contributed by atoms with E-state index in [4.69, 9.17) is 16.3 Å². The normalized spacial score (nSPS) is 17.5. The van der Waals surface area contributed by atoms with E-state index >= 15 is 0 Å². The Bertz CT molecular complexity index is 1190. The van der Waals surface area contributed by atoms with Gasteiger partial charge in [0, 0.05) is 27.2 Å². The number of carbonyl (C=O) groups excluding carboxylic acids is 2. The summed E-state index contributed by atoms with van der Waals surface area (Å²) in [4.78, 5) is 30.8. The molecule has 1 aromatic carbocycles. The highest BCUT2D eigenvalue weighted by atomic mass is 35.5. The van der Waals surface area contributed by atoms with Crippen LogP contribution in [-0.4, -0.2) is 32.9 Å². The number of ether oxygens (including phenoxy) is 1. The SMILES string of the molecule is Cc1cc(Cl)cc(-c2ccnc3cc(CN4C(=O)CSC4=O)sc23)c1OC1CCCCC1. The number of pyridine rings is 1. The maximum atomic E-state index is 12.0. The molecule has 0 unspecified atom stereocenters. The molecule has 3 heterocycles. The lowest BCUT2D eigenvalue weighted by Crippen LogP contribution is -2.27. The predicted molar refractivity (Wildman–Crippen MR) is 131 cm³/mol. The van der Waals surface area contributed by atoms with E-state index in [2.05, 4.69) is 4.98 Å². The van der Waals surface area contributed by atoms with Gasteiger partial charge in [-0.25, -0.2) is 0 Å². The van der Waals surface area contributed by atoms with E-state index < -0.39 is 0 Å². The number of aryl methyl sites for hydroxylation is 1. The van der Waals surface area contributed by atoms with Crippen molar-refractivity contribution < 1.29 is 14.3 Å². The van der Waals surface area contributed by atoms with Gasteiger partial charge in [-0.15, -0.1) is 11.3 Å². The van der Waals surface area contributed by atoms with Crippen LogP contribution in [-0.2, 0) is 11.3 Å². The molecule has 8 heteroatoms. The summed E-state index contributed by atoms with van der Waals surface area (Å²) < 4.78 is 7.55. The first-order valence-corrected chi connectivity index (χ1v) is 13.0. The molecule has 0 bridgehead atoms. The van der Waals surface area contributed by atoms with E-state index in [0.717, 1.165) is 62.1 Å². The van der Waals surface area contributed by atoms with Gasteiger partial charge in [-0.05, 0) is 62.4 Å². The van der Waals surface area contributed by atoms with E-state index in [9.17, 15) is 9.59 Å². The maximum absolute atomic E-state index is 12.0.